The minimum atomic E-state index is -0.621. The largest absolute Gasteiger partial charge is 0.497 e. The molecule has 1 amide bonds. The van der Waals surface area contributed by atoms with Crippen molar-refractivity contribution in [2.45, 2.75) is 77.7 Å². The third kappa shape index (κ3) is 7.78. The highest BCUT2D eigenvalue weighted by Gasteiger charge is 2.32. The highest BCUT2D eigenvalue weighted by Crippen LogP contribution is 2.42. The van der Waals surface area contributed by atoms with Gasteiger partial charge in [-0.1, -0.05) is 30.3 Å². The zero-order valence-corrected chi connectivity index (χ0v) is 32.7. The average Bonchev–Trinajstić information content (AvgIpc) is 3.83. The number of carbonyl (C=O) groups is 2. The summed E-state index contributed by atoms with van der Waals surface area (Å²) in [5.74, 6) is 0.565. The minimum Gasteiger partial charge on any atom is -0.497 e. The van der Waals surface area contributed by atoms with E-state index >= 15 is 4.39 Å². The number of methoxy groups -OCH3 is 1. The number of anilines is 1. The van der Waals surface area contributed by atoms with Crippen LogP contribution in [0.25, 0.3) is 38.6 Å². The predicted octanol–water partition coefficient (Wildman–Crippen LogP) is 7.96. The molecule has 8 rings (SSSR count). The molecule has 57 heavy (non-hydrogen) atoms. The van der Waals surface area contributed by atoms with Crippen molar-refractivity contribution in [2.24, 2.45) is 0 Å². The Labute approximate surface area is 329 Å². The number of carbonyl (C=O) groups excluding carboxylic acids is 2. The molecule has 1 N–H and O–H groups in total. The van der Waals surface area contributed by atoms with Crippen LogP contribution in [-0.2, 0) is 27.4 Å². The molecule has 0 radical (unpaired) electrons. The quantitative estimate of drug-likeness (QED) is 0.138. The summed E-state index contributed by atoms with van der Waals surface area (Å²) in [5.41, 5.74) is 3.72. The zero-order chi connectivity index (χ0) is 40.0. The summed E-state index contributed by atoms with van der Waals surface area (Å²) in [7, 11) is 1.62. The Hall–Kier alpha value is -6.24. The average molecular weight is 773 g/mol. The Balaban J connectivity index is 1.25. The maximum atomic E-state index is 15.7. The summed E-state index contributed by atoms with van der Waals surface area (Å²) in [5, 5.41) is 9.92. The van der Waals surface area contributed by atoms with Gasteiger partial charge in [-0.3, -0.25) is 14.2 Å². The van der Waals surface area contributed by atoms with Crippen molar-refractivity contribution in [2.75, 3.05) is 25.5 Å². The van der Waals surface area contributed by atoms with E-state index in [-0.39, 0.29) is 24.1 Å². The Bertz CT molecular complexity index is 2570. The van der Waals surface area contributed by atoms with Gasteiger partial charge in [-0.15, -0.1) is 0 Å². The van der Waals surface area contributed by atoms with Gasteiger partial charge in [0.05, 0.1) is 30.1 Å². The van der Waals surface area contributed by atoms with Crippen molar-refractivity contribution in [3.05, 3.63) is 112 Å². The van der Waals surface area contributed by atoms with Crippen LogP contribution in [0, 0.1) is 5.82 Å². The van der Waals surface area contributed by atoms with Crippen LogP contribution < -0.4 is 15.6 Å². The third-order valence-corrected chi connectivity index (χ3v) is 10.5. The van der Waals surface area contributed by atoms with Gasteiger partial charge in [-0.05, 0) is 110 Å². The van der Waals surface area contributed by atoms with Crippen molar-refractivity contribution in [1.82, 2.24) is 24.2 Å². The van der Waals surface area contributed by atoms with Crippen molar-refractivity contribution in [1.29, 1.82) is 0 Å². The highest BCUT2D eigenvalue weighted by atomic mass is 19.1. The first-order valence-corrected chi connectivity index (χ1v) is 19.2. The number of hydrogen-bond donors (Lipinski definition) is 1. The first-order valence-electron chi connectivity index (χ1n) is 19.2. The normalized spacial score (nSPS) is 15.6. The first kappa shape index (κ1) is 37.7. The number of nitrogens with one attached hydrogen (secondary N) is 1. The molecule has 13 heteroatoms. The van der Waals surface area contributed by atoms with Crippen molar-refractivity contribution in [3.63, 3.8) is 0 Å². The van der Waals surface area contributed by atoms with E-state index in [4.69, 9.17) is 24.3 Å². The van der Waals surface area contributed by atoms with Gasteiger partial charge in [0.15, 0.2) is 11.5 Å². The molecular formula is C44H45FN6O6. The van der Waals surface area contributed by atoms with Crippen molar-refractivity contribution < 1.29 is 28.2 Å². The molecule has 0 unspecified atom stereocenters. The summed E-state index contributed by atoms with van der Waals surface area (Å²) in [6, 6.07) is 20.1. The molecule has 2 aliphatic rings. The Kier molecular flexibility index (Phi) is 9.92. The van der Waals surface area contributed by atoms with Gasteiger partial charge in [-0.25, -0.2) is 18.9 Å². The van der Waals surface area contributed by atoms with E-state index in [2.05, 4.69) is 5.32 Å². The van der Waals surface area contributed by atoms with Crippen molar-refractivity contribution in [3.8, 4) is 22.6 Å². The van der Waals surface area contributed by atoms with Gasteiger partial charge in [0.2, 0.25) is 0 Å². The molecule has 12 nitrogen and oxygen atoms in total. The van der Waals surface area contributed by atoms with Gasteiger partial charge < -0.3 is 24.4 Å². The molecular weight excluding hydrogens is 728 g/mol. The lowest BCUT2D eigenvalue weighted by Gasteiger charge is -2.24. The lowest BCUT2D eigenvalue weighted by Crippen LogP contribution is -2.36. The van der Waals surface area contributed by atoms with E-state index in [0.717, 1.165) is 35.3 Å². The number of rotatable bonds is 10. The van der Waals surface area contributed by atoms with Crippen LogP contribution in [0.5, 0.6) is 5.75 Å². The van der Waals surface area contributed by atoms with Crippen LogP contribution in [-0.4, -0.2) is 68.1 Å². The Morgan fingerprint density at radius 1 is 0.982 bits per heavy atom. The summed E-state index contributed by atoms with van der Waals surface area (Å²) < 4.78 is 35.6. The summed E-state index contributed by atoms with van der Waals surface area (Å²) in [6.45, 7) is 8.02. The summed E-state index contributed by atoms with van der Waals surface area (Å²) in [6.07, 6.45) is 5.67. The smallest absolute Gasteiger partial charge is 0.410 e. The molecule has 0 bridgehead atoms. The molecule has 3 aromatic heterocycles. The van der Waals surface area contributed by atoms with Gasteiger partial charge >= 0.3 is 12.1 Å². The van der Waals surface area contributed by atoms with E-state index in [1.807, 2.05) is 74.0 Å². The molecule has 1 saturated heterocycles. The number of hydrogen-bond acceptors (Lipinski definition) is 9. The number of ether oxygens (including phenoxy) is 3. The number of benzene rings is 3. The molecule has 6 aromatic rings. The van der Waals surface area contributed by atoms with Crippen LogP contribution >= 0.6 is 0 Å². The molecule has 2 fully saturated rings. The van der Waals surface area contributed by atoms with E-state index in [9.17, 15) is 14.4 Å². The molecule has 1 saturated carbocycles. The fraction of sp³-hybridized carbons (Fsp3) is 0.341. The van der Waals surface area contributed by atoms with Crippen LogP contribution in [0.4, 0.5) is 15.0 Å². The van der Waals surface area contributed by atoms with Gasteiger partial charge in [0.25, 0.3) is 5.56 Å². The molecule has 294 valence electrons. The fourth-order valence-electron chi connectivity index (χ4n) is 7.57. The number of halogens is 1. The maximum Gasteiger partial charge on any atom is 0.410 e. The van der Waals surface area contributed by atoms with E-state index in [1.54, 1.807) is 36.5 Å². The Morgan fingerprint density at radius 2 is 1.77 bits per heavy atom. The topological polar surface area (TPSA) is 130 Å². The number of nitrogens with zero attached hydrogens (tertiary/aromatic N) is 5. The molecule has 3 aromatic carbocycles. The predicted molar refractivity (Wildman–Crippen MR) is 215 cm³/mol. The highest BCUT2D eigenvalue weighted by molar-refractivity contribution is 6.02. The first-order chi connectivity index (χ1) is 27.4. The number of esters is 1. The number of likely N-dealkylation sites (tertiary alicyclic amines) is 1. The minimum absolute atomic E-state index is 0.000300. The van der Waals surface area contributed by atoms with Crippen molar-refractivity contribution >= 4 is 39.7 Å². The summed E-state index contributed by atoms with van der Waals surface area (Å²) >= 11 is 0. The van der Waals surface area contributed by atoms with E-state index in [0.29, 0.717) is 71.0 Å². The SMILES string of the molecule is COc1ccc(Cn2nc(N[C@@H]3CCN(C(=O)OC(C)(C)C)C3)c3c(-c4cccc(-n5ccc6cc(C7CC7)cc(F)c6c5=O)c4COC(C)=O)ccnc32)cc1. The molecule has 0 spiro atoms. The maximum absolute atomic E-state index is 15.7. The second-order valence-electron chi connectivity index (χ2n) is 15.8. The van der Waals surface area contributed by atoms with Gasteiger partial charge in [-0.2, -0.15) is 5.10 Å². The number of amides is 1. The third-order valence-electron chi connectivity index (χ3n) is 10.5. The summed E-state index contributed by atoms with van der Waals surface area (Å²) in [4.78, 5) is 45.9. The fourth-order valence-corrected chi connectivity index (χ4v) is 7.57. The van der Waals surface area contributed by atoms with E-state index < -0.39 is 22.9 Å². The van der Waals surface area contributed by atoms with Gasteiger partial charge in [0.1, 0.15) is 23.8 Å². The number of fused-ring (bicyclic) bond motifs is 2. The molecule has 4 heterocycles. The number of aromatic nitrogens is 4. The molecule has 1 atom stereocenters. The standard InChI is InChI=1S/C44H45FN6O6/c1-26(52)56-25-35-33(7-6-8-37(35)50-20-16-29-21-30(28-11-12-28)22-36(45)38(29)42(50)53)34-15-18-46-41-39(34)40(48-51(41)23-27-9-13-32(55-5)14-10-27)47-31-17-19-49(24-31)43(54)57-44(2,3)4/h6-10,13-16,18,20-22,28,31H,11-12,17,19,23-25H2,1-5H3,(H,47,48)/t31-/m1/s1. The lowest BCUT2D eigenvalue weighted by molar-refractivity contribution is -0.142. The second kappa shape index (κ2) is 15.0. The van der Waals surface area contributed by atoms with Crippen LogP contribution in [0.2, 0.25) is 0 Å². The van der Waals surface area contributed by atoms with E-state index in [1.165, 1.54) is 17.6 Å². The Morgan fingerprint density at radius 3 is 2.49 bits per heavy atom. The van der Waals surface area contributed by atoms with Crippen LogP contribution in [0.15, 0.2) is 83.9 Å². The monoisotopic (exact) mass is 772 g/mol. The van der Waals surface area contributed by atoms with Gasteiger partial charge in [0, 0.05) is 44.0 Å². The zero-order valence-electron chi connectivity index (χ0n) is 32.7. The van der Waals surface area contributed by atoms with Crippen LogP contribution in [0.3, 0.4) is 0 Å². The lowest BCUT2D eigenvalue weighted by atomic mass is 9.96. The molecule has 1 aliphatic carbocycles. The second-order valence-corrected chi connectivity index (χ2v) is 15.8. The molecule has 1 aliphatic heterocycles. The number of pyridine rings is 2. The van der Waals surface area contributed by atoms with Crippen LogP contribution in [0.1, 0.15) is 69.6 Å².